The highest BCUT2D eigenvalue weighted by atomic mass is 32.2. The monoisotopic (exact) mass is 310 g/mol. The summed E-state index contributed by atoms with van der Waals surface area (Å²) in [5.74, 6) is 0.253. The first-order chi connectivity index (χ1) is 8.38. The maximum Gasteiger partial charge on any atom is 0.214 e. The molecule has 1 heterocycles. The summed E-state index contributed by atoms with van der Waals surface area (Å²) in [7, 11) is -3.09. The van der Waals surface area contributed by atoms with Crippen LogP contribution in [0.15, 0.2) is 0 Å². The Labute approximate surface area is 120 Å². The van der Waals surface area contributed by atoms with Gasteiger partial charge in [0.25, 0.3) is 0 Å². The predicted molar refractivity (Wildman–Crippen MR) is 82.5 cm³/mol. The number of sulfonamides is 1. The molecule has 0 aromatic heterocycles. The van der Waals surface area contributed by atoms with Gasteiger partial charge < -0.3 is 5.73 Å². The molecule has 2 N–H and O–H groups in total. The summed E-state index contributed by atoms with van der Waals surface area (Å²) in [6.45, 7) is 3.06. The lowest BCUT2D eigenvalue weighted by Gasteiger charge is -2.39. The summed E-state index contributed by atoms with van der Waals surface area (Å²) in [6.07, 6.45) is 5.04. The molecule has 0 saturated carbocycles. The standard InChI is InChI=1S/C11H22N2O2S3/c1-3-4-9-18(14,15)13-7-5-11(17-2,6-8-13)10(12)16/h3-9H2,1-2H3,(H2,12,16). The summed E-state index contributed by atoms with van der Waals surface area (Å²) >= 11 is 6.76. The normalized spacial score (nSPS) is 20.8. The van der Waals surface area contributed by atoms with Crippen molar-refractivity contribution < 1.29 is 8.42 Å². The molecule has 0 aromatic rings. The Balaban J connectivity index is 2.66. The van der Waals surface area contributed by atoms with Gasteiger partial charge in [-0.2, -0.15) is 11.8 Å². The first-order valence-electron chi connectivity index (χ1n) is 6.21. The summed E-state index contributed by atoms with van der Waals surface area (Å²) in [4.78, 5) is 0.501. The Bertz CT molecular complexity index is 387. The number of rotatable bonds is 6. The number of hydrogen-bond acceptors (Lipinski definition) is 4. The quantitative estimate of drug-likeness (QED) is 0.755. The van der Waals surface area contributed by atoms with Crippen LogP contribution in [0.2, 0.25) is 0 Å². The van der Waals surface area contributed by atoms with Crippen LogP contribution in [-0.4, -0.2) is 47.6 Å². The SMILES string of the molecule is CCCCS(=O)(=O)N1CCC(SC)(C(N)=S)CC1. The average Bonchev–Trinajstić information content (AvgIpc) is 2.36. The number of piperidine rings is 1. The molecule has 1 rings (SSSR count). The molecule has 0 spiro atoms. The minimum atomic E-state index is -3.09. The number of thioether (sulfide) groups is 1. The van der Waals surface area contributed by atoms with Gasteiger partial charge in [-0.05, 0) is 25.5 Å². The topological polar surface area (TPSA) is 63.4 Å². The fourth-order valence-electron chi connectivity index (χ4n) is 2.13. The van der Waals surface area contributed by atoms with Crippen LogP contribution in [0.3, 0.4) is 0 Å². The molecule has 0 amide bonds. The smallest absolute Gasteiger partial charge is 0.214 e. The molecule has 106 valence electrons. The third-order valence-corrected chi connectivity index (χ3v) is 7.41. The largest absolute Gasteiger partial charge is 0.392 e. The van der Waals surface area contributed by atoms with Gasteiger partial charge in [-0.1, -0.05) is 25.6 Å². The molecule has 1 saturated heterocycles. The first kappa shape index (κ1) is 16.2. The van der Waals surface area contributed by atoms with Crippen LogP contribution in [0.25, 0.3) is 0 Å². The number of hydrogen-bond donors (Lipinski definition) is 1. The fourth-order valence-corrected chi connectivity index (χ4v) is 5.03. The zero-order valence-electron chi connectivity index (χ0n) is 11.0. The van der Waals surface area contributed by atoms with E-state index in [1.807, 2.05) is 13.2 Å². The van der Waals surface area contributed by atoms with E-state index in [0.717, 1.165) is 25.7 Å². The molecule has 0 atom stereocenters. The van der Waals surface area contributed by atoms with Crippen LogP contribution in [0.4, 0.5) is 0 Å². The molecule has 4 nitrogen and oxygen atoms in total. The molecule has 0 unspecified atom stereocenters. The summed E-state index contributed by atoms with van der Waals surface area (Å²) < 4.78 is 25.5. The van der Waals surface area contributed by atoms with Crippen molar-refractivity contribution >= 4 is 39.0 Å². The van der Waals surface area contributed by atoms with E-state index in [1.54, 1.807) is 16.1 Å². The number of unbranched alkanes of at least 4 members (excludes halogenated alkanes) is 1. The summed E-state index contributed by atoms with van der Waals surface area (Å²) in [5.41, 5.74) is 5.79. The van der Waals surface area contributed by atoms with Gasteiger partial charge in [-0.15, -0.1) is 0 Å². The van der Waals surface area contributed by atoms with Crippen LogP contribution in [0.5, 0.6) is 0 Å². The van der Waals surface area contributed by atoms with E-state index in [0.29, 0.717) is 18.1 Å². The van der Waals surface area contributed by atoms with Gasteiger partial charge in [0.2, 0.25) is 10.0 Å². The van der Waals surface area contributed by atoms with Crippen molar-refractivity contribution in [2.24, 2.45) is 5.73 Å². The van der Waals surface area contributed by atoms with Crippen molar-refractivity contribution in [1.82, 2.24) is 4.31 Å². The van der Waals surface area contributed by atoms with Crippen molar-refractivity contribution in [1.29, 1.82) is 0 Å². The zero-order chi connectivity index (χ0) is 13.8. The molecular weight excluding hydrogens is 288 g/mol. The third-order valence-electron chi connectivity index (χ3n) is 3.52. The molecule has 18 heavy (non-hydrogen) atoms. The Hall–Kier alpha value is 0.150. The molecule has 1 aliphatic heterocycles. The van der Waals surface area contributed by atoms with Crippen molar-refractivity contribution in [3.8, 4) is 0 Å². The lowest BCUT2D eigenvalue weighted by atomic mass is 9.97. The average molecular weight is 311 g/mol. The maximum absolute atomic E-state index is 12.1. The Kier molecular flexibility index (Phi) is 5.89. The molecule has 0 bridgehead atoms. The van der Waals surface area contributed by atoms with Crippen LogP contribution < -0.4 is 5.73 Å². The minimum absolute atomic E-state index is 0.216. The molecule has 1 fully saturated rings. The van der Waals surface area contributed by atoms with Crippen LogP contribution in [0.1, 0.15) is 32.6 Å². The highest BCUT2D eigenvalue weighted by Gasteiger charge is 2.39. The van der Waals surface area contributed by atoms with E-state index < -0.39 is 10.0 Å². The van der Waals surface area contributed by atoms with E-state index in [9.17, 15) is 8.42 Å². The second-order valence-electron chi connectivity index (χ2n) is 4.63. The van der Waals surface area contributed by atoms with Crippen molar-refractivity contribution in [2.75, 3.05) is 25.1 Å². The van der Waals surface area contributed by atoms with Gasteiger partial charge in [-0.3, -0.25) is 0 Å². The Morgan fingerprint density at radius 3 is 2.39 bits per heavy atom. The molecule has 1 aliphatic rings. The highest BCUT2D eigenvalue weighted by molar-refractivity contribution is 8.02. The van der Waals surface area contributed by atoms with E-state index in [4.69, 9.17) is 18.0 Å². The van der Waals surface area contributed by atoms with Gasteiger partial charge in [0.1, 0.15) is 0 Å². The number of thiocarbonyl (C=S) groups is 1. The lowest BCUT2D eigenvalue weighted by Crippen LogP contribution is -2.51. The van der Waals surface area contributed by atoms with E-state index >= 15 is 0 Å². The number of nitrogens with zero attached hydrogens (tertiary/aromatic N) is 1. The van der Waals surface area contributed by atoms with E-state index in [1.165, 1.54) is 0 Å². The minimum Gasteiger partial charge on any atom is -0.392 e. The second-order valence-corrected chi connectivity index (χ2v) is 8.35. The van der Waals surface area contributed by atoms with Crippen molar-refractivity contribution in [3.05, 3.63) is 0 Å². The second kappa shape index (κ2) is 6.54. The number of nitrogens with two attached hydrogens (primary N) is 1. The van der Waals surface area contributed by atoms with Crippen molar-refractivity contribution in [2.45, 2.75) is 37.4 Å². The van der Waals surface area contributed by atoms with Gasteiger partial charge in [0.15, 0.2) is 0 Å². The van der Waals surface area contributed by atoms with Crippen LogP contribution in [-0.2, 0) is 10.0 Å². The molecule has 7 heteroatoms. The van der Waals surface area contributed by atoms with Crippen LogP contribution in [0, 0.1) is 0 Å². The van der Waals surface area contributed by atoms with Gasteiger partial charge in [0, 0.05) is 13.1 Å². The lowest BCUT2D eigenvalue weighted by molar-refractivity contribution is 0.332. The summed E-state index contributed by atoms with van der Waals surface area (Å²) in [5, 5.41) is 0. The third kappa shape index (κ3) is 3.59. The zero-order valence-corrected chi connectivity index (χ0v) is 13.5. The van der Waals surface area contributed by atoms with E-state index in [-0.39, 0.29) is 10.5 Å². The van der Waals surface area contributed by atoms with E-state index in [2.05, 4.69) is 0 Å². The van der Waals surface area contributed by atoms with Gasteiger partial charge >= 0.3 is 0 Å². The summed E-state index contributed by atoms with van der Waals surface area (Å²) in [6, 6.07) is 0. The predicted octanol–water partition coefficient (Wildman–Crippen LogP) is 1.60. The highest BCUT2D eigenvalue weighted by Crippen LogP contribution is 2.35. The molecule has 0 radical (unpaired) electrons. The van der Waals surface area contributed by atoms with Crippen LogP contribution >= 0.6 is 24.0 Å². The molecular formula is C11H22N2O2S3. The maximum atomic E-state index is 12.1. The fraction of sp³-hybridized carbons (Fsp3) is 0.909. The Morgan fingerprint density at radius 2 is 2.00 bits per heavy atom. The van der Waals surface area contributed by atoms with Gasteiger partial charge in [0.05, 0.1) is 15.5 Å². The molecule has 0 aromatic carbocycles. The van der Waals surface area contributed by atoms with Crippen molar-refractivity contribution in [3.63, 3.8) is 0 Å². The first-order valence-corrected chi connectivity index (χ1v) is 9.45. The molecule has 0 aliphatic carbocycles. The Morgan fingerprint density at radius 1 is 1.44 bits per heavy atom. The van der Waals surface area contributed by atoms with Gasteiger partial charge in [-0.25, -0.2) is 12.7 Å².